The molecule has 1 rings (SSSR count). The van der Waals surface area contributed by atoms with Gasteiger partial charge in [0.2, 0.25) is 13.2 Å². The standard InChI is InChI=1S/C15H26BNO3/c1-6-8-17(9-7-2)16-12-10-13(18-3)15(20-5)14(11-12)19-4/h10-11,16H,6-9H2,1-5H3. The second-order valence-electron chi connectivity index (χ2n) is 4.81. The molecule has 0 bridgehead atoms. The van der Waals surface area contributed by atoms with E-state index in [1.807, 2.05) is 12.1 Å². The van der Waals surface area contributed by atoms with Gasteiger partial charge in [0.1, 0.15) is 0 Å². The zero-order chi connectivity index (χ0) is 15.0. The monoisotopic (exact) mass is 279 g/mol. The second-order valence-corrected chi connectivity index (χ2v) is 4.81. The summed E-state index contributed by atoms with van der Waals surface area (Å²) in [6.07, 6.45) is 2.31. The Balaban J connectivity index is 2.99. The van der Waals surface area contributed by atoms with Crippen LogP contribution in [0.15, 0.2) is 12.1 Å². The molecule has 0 heterocycles. The maximum Gasteiger partial charge on any atom is 0.238 e. The molecule has 112 valence electrons. The molecule has 0 spiro atoms. The van der Waals surface area contributed by atoms with Crippen molar-refractivity contribution in [1.82, 2.24) is 4.81 Å². The first-order chi connectivity index (χ1) is 9.69. The number of nitrogens with zero attached hydrogens (tertiary/aromatic N) is 1. The minimum atomic E-state index is 0.649. The van der Waals surface area contributed by atoms with Crippen LogP contribution in [-0.4, -0.2) is 46.6 Å². The van der Waals surface area contributed by atoms with E-state index in [0.29, 0.717) is 5.75 Å². The zero-order valence-corrected chi connectivity index (χ0v) is 13.4. The molecule has 0 amide bonds. The number of ether oxygens (including phenoxy) is 3. The van der Waals surface area contributed by atoms with E-state index in [1.54, 1.807) is 21.3 Å². The van der Waals surface area contributed by atoms with Crippen LogP contribution in [0.2, 0.25) is 0 Å². The Morgan fingerprint density at radius 2 is 1.40 bits per heavy atom. The van der Waals surface area contributed by atoms with Gasteiger partial charge in [-0.3, -0.25) is 0 Å². The minimum absolute atomic E-state index is 0.649. The lowest BCUT2D eigenvalue weighted by Crippen LogP contribution is -2.37. The van der Waals surface area contributed by atoms with Crippen LogP contribution in [-0.2, 0) is 0 Å². The van der Waals surface area contributed by atoms with E-state index in [1.165, 1.54) is 5.46 Å². The van der Waals surface area contributed by atoms with E-state index in [2.05, 4.69) is 18.7 Å². The molecule has 0 radical (unpaired) electrons. The molecule has 4 nitrogen and oxygen atoms in total. The molecular weight excluding hydrogens is 253 g/mol. The second kappa shape index (κ2) is 8.74. The molecule has 0 unspecified atom stereocenters. The molecule has 0 fully saturated rings. The molecule has 1 aromatic rings. The van der Waals surface area contributed by atoms with Crippen LogP contribution >= 0.6 is 0 Å². The van der Waals surface area contributed by atoms with Crippen molar-refractivity contribution in [2.75, 3.05) is 34.4 Å². The predicted molar refractivity (Wildman–Crippen MR) is 85.0 cm³/mol. The molecule has 0 saturated carbocycles. The Bertz CT molecular complexity index is 381. The summed E-state index contributed by atoms with van der Waals surface area (Å²) >= 11 is 0. The van der Waals surface area contributed by atoms with Crippen LogP contribution in [0.25, 0.3) is 0 Å². The molecule has 5 heteroatoms. The third-order valence-corrected chi connectivity index (χ3v) is 3.21. The quantitative estimate of drug-likeness (QED) is 0.645. The Kier molecular flexibility index (Phi) is 7.30. The molecule has 0 saturated heterocycles. The molecule has 0 atom stereocenters. The van der Waals surface area contributed by atoms with Crippen molar-refractivity contribution in [3.8, 4) is 17.2 Å². The van der Waals surface area contributed by atoms with E-state index in [-0.39, 0.29) is 0 Å². The fourth-order valence-electron chi connectivity index (χ4n) is 2.39. The summed E-state index contributed by atoms with van der Waals surface area (Å²) in [7, 11) is 5.83. The van der Waals surface area contributed by atoms with Gasteiger partial charge in [0, 0.05) is 0 Å². The lowest BCUT2D eigenvalue weighted by Gasteiger charge is -2.21. The van der Waals surface area contributed by atoms with E-state index in [9.17, 15) is 0 Å². The highest BCUT2D eigenvalue weighted by Gasteiger charge is 2.15. The van der Waals surface area contributed by atoms with Gasteiger partial charge in [0.25, 0.3) is 0 Å². The Hall–Kier alpha value is -1.36. The van der Waals surface area contributed by atoms with Crippen molar-refractivity contribution in [3.05, 3.63) is 12.1 Å². The first-order valence-corrected chi connectivity index (χ1v) is 7.21. The van der Waals surface area contributed by atoms with Crippen molar-refractivity contribution >= 4 is 12.9 Å². The first-order valence-electron chi connectivity index (χ1n) is 7.21. The third kappa shape index (κ3) is 4.34. The van der Waals surface area contributed by atoms with Gasteiger partial charge in [-0.05, 0) is 38.1 Å². The highest BCUT2D eigenvalue weighted by Crippen LogP contribution is 2.35. The summed E-state index contributed by atoms with van der Waals surface area (Å²) in [4.78, 5) is 2.45. The van der Waals surface area contributed by atoms with Gasteiger partial charge in [0.15, 0.2) is 11.5 Å². The van der Waals surface area contributed by atoms with Gasteiger partial charge in [-0.15, -0.1) is 0 Å². The van der Waals surface area contributed by atoms with Crippen LogP contribution in [0.4, 0.5) is 0 Å². The summed E-state index contributed by atoms with van der Waals surface area (Å²) in [6.45, 7) is 6.62. The molecule has 0 aliphatic rings. The van der Waals surface area contributed by atoms with Crippen LogP contribution in [0.5, 0.6) is 17.2 Å². The third-order valence-electron chi connectivity index (χ3n) is 3.21. The van der Waals surface area contributed by atoms with Crippen LogP contribution in [0.3, 0.4) is 0 Å². The molecular formula is C15H26BNO3. The minimum Gasteiger partial charge on any atom is -0.493 e. The molecule has 0 aromatic heterocycles. The van der Waals surface area contributed by atoms with Gasteiger partial charge >= 0.3 is 0 Å². The average Bonchev–Trinajstić information content (AvgIpc) is 2.46. The molecule has 1 aromatic carbocycles. The Labute approximate surface area is 123 Å². The maximum absolute atomic E-state index is 5.40. The topological polar surface area (TPSA) is 30.9 Å². The van der Waals surface area contributed by atoms with Gasteiger partial charge in [-0.25, -0.2) is 0 Å². The van der Waals surface area contributed by atoms with Crippen molar-refractivity contribution < 1.29 is 14.2 Å². The van der Waals surface area contributed by atoms with E-state index in [0.717, 1.165) is 44.8 Å². The van der Waals surface area contributed by atoms with Gasteiger partial charge < -0.3 is 19.0 Å². The molecule has 20 heavy (non-hydrogen) atoms. The normalized spacial score (nSPS) is 10.5. The van der Waals surface area contributed by atoms with Crippen LogP contribution < -0.4 is 19.7 Å². The summed E-state index contributed by atoms with van der Waals surface area (Å²) in [6, 6.07) is 4.05. The molecule has 0 N–H and O–H groups in total. The summed E-state index contributed by atoms with van der Waals surface area (Å²) in [5.41, 5.74) is 1.18. The van der Waals surface area contributed by atoms with Crippen molar-refractivity contribution in [3.63, 3.8) is 0 Å². The summed E-state index contributed by atoms with van der Waals surface area (Å²) < 4.78 is 16.1. The van der Waals surface area contributed by atoms with Gasteiger partial charge in [-0.2, -0.15) is 0 Å². The highest BCUT2D eigenvalue weighted by atomic mass is 16.5. The fraction of sp³-hybridized carbons (Fsp3) is 0.600. The Morgan fingerprint density at radius 1 is 0.900 bits per heavy atom. The van der Waals surface area contributed by atoms with Crippen molar-refractivity contribution in [2.24, 2.45) is 0 Å². The number of benzene rings is 1. The van der Waals surface area contributed by atoms with Crippen LogP contribution in [0.1, 0.15) is 26.7 Å². The average molecular weight is 279 g/mol. The smallest absolute Gasteiger partial charge is 0.238 e. The first kappa shape index (κ1) is 16.7. The number of hydrogen-bond acceptors (Lipinski definition) is 4. The maximum atomic E-state index is 5.40. The van der Waals surface area contributed by atoms with Crippen molar-refractivity contribution in [1.29, 1.82) is 0 Å². The SMILES string of the molecule is CCCN(Bc1cc(OC)c(OC)c(OC)c1)CCC. The van der Waals surface area contributed by atoms with E-state index < -0.39 is 0 Å². The predicted octanol–water partition coefficient (Wildman–Crippen LogP) is 1.81. The summed E-state index contributed by atoms with van der Waals surface area (Å²) in [5.74, 6) is 2.08. The number of methoxy groups -OCH3 is 3. The Morgan fingerprint density at radius 3 is 1.75 bits per heavy atom. The molecule has 0 aliphatic heterocycles. The van der Waals surface area contributed by atoms with E-state index >= 15 is 0 Å². The summed E-state index contributed by atoms with van der Waals surface area (Å²) in [5, 5.41) is 0. The van der Waals surface area contributed by atoms with Gasteiger partial charge in [0.05, 0.1) is 21.3 Å². The van der Waals surface area contributed by atoms with E-state index in [4.69, 9.17) is 14.2 Å². The lowest BCUT2D eigenvalue weighted by atomic mass is 9.79. The van der Waals surface area contributed by atoms with Gasteiger partial charge in [-0.1, -0.05) is 19.3 Å². The molecule has 0 aliphatic carbocycles. The largest absolute Gasteiger partial charge is 0.493 e. The zero-order valence-electron chi connectivity index (χ0n) is 13.4. The van der Waals surface area contributed by atoms with Crippen LogP contribution in [0, 0.1) is 0 Å². The number of rotatable bonds is 9. The number of hydrogen-bond donors (Lipinski definition) is 0. The highest BCUT2D eigenvalue weighted by molar-refractivity contribution is 6.50. The fourth-order valence-corrected chi connectivity index (χ4v) is 2.39. The lowest BCUT2D eigenvalue weighted by molar-refractivity contribution is 0.325. The van der Waals surface area contributed by atoms with Crippen molar-refractivity contribution in [2.45, 2.75) is 26.7 Å².